The number of pyridine rings is 1. The highest BCUT2D eigenvalue weighted by molar-refractivity contribution is 5.94. The van der Waals surface area contributed by atoms with Crippen LogP contribution in [0.5, 0.6) is 5.75 Å². The van der Waals surface area contributed by atoms with Crippen LogP contribution in [-0.4, -0.2) is 42.4 Å². The quantitative estimate of drug-likeness (QED) is 0.437. The Bertz CT molecular complexity index is 1300. The fourth-order valence-electron chi connectivity index (χ4n) is 3.57. The molecule has 0 atom stereocenters. The van der Waals surface area contributed by atoms with Crippen molar-refractivity contribution in [3.63, 3.8) is 0 Å². The summed E-state index contributed by atoms with van der Waals surface area (Å²) in [5, 5.41) is 20.3. The molecule has 5 rings (SSSR count). The minimum atomic E-state index is -1.14. The van der Waals surface area contributed by atoms with E-state index in [1.54, 1.807) is 23.0 Å². The molecule has 0 spiro atoms. The van der Waals surface area contributed by atoms with Gasteiger partial charge in [-0.3, -0.25) is 4.68 Å². The molecule has 0 saturated carbocycles. The van der Waals surface area contributed by atoms with E-state index >= 15 is 0 Å². The number of ether oxygens (including phenoxy) is 1. The molecule has 0 radical (unpaired) electrons. The van der Waals surface area contributed by atoms with E-state index in [0.29, 0.717) is 30.3 Å². The van der Waals surface area contributed by atoms with Gasteiger partial charge in [0, 0.05) is 43.2 Å². The summed E-state index contributed by atoms with van der Waals surface area (Å²) in [6.45, 7) is 0.456. The number of fused-ring (bicyclic) bond motifs is 3. The van der Waals surface area contributed by atoms with Crippen LogP contribution >= 0.6 is 0 Å². The Hall–Kier alpha value is -4.47. The molecule has 0 amide bonds. The lowest BCUT2D eigenvalue weighted by atomic mass is 10.0. The molecular formula is C22H19N7O3. The van der Waals surface area contributed by atoms with E-state index in [4.69, 9.17) is 4.74 Å². The number of nitrogens with one attached hydrogen (secondary N) is 2. The van der Waals surface area contributed by atoms with Gasteiger partial charge in [0.1, 0.15) is 11.4 Å². The van der Waals surface area contributed by atoms with Gasteiger partial charge in [0.25, 0.3) is 0 Å². The van der Waals surface area contributed by atoms with Gasteiger partial charge in [-0.2, -0.15) is 10.1 Å². The third-order valence-electron chi connectivity index (χ3n) is 4.97. The Balaban J connectivity index is 1.54. The molecule has 160 valence electrons. The Morgan fingerprint density at radius 3 is 2.84 bits per heavy atom. The van der Waals surface area contributed by atoms with Crippen LogP contribution in [0.15, 0.2) is 55.0 Å². The summed E-state index contributed by atoms with van der Waals surface area (Å²) in [6.07, 6.45) is 5.52. The number of hydrogen-bond donors (Lipinski definition) is 3. The number of hydrogen-bond acceptors (Lipinski definition) is 8. The zero-order chi connectivity index (χ0) is 22.1. The van der Waals surface area contributed by atoms with Crippen molar-refractivity contribution in [1.29, 1.82) is 0 Å². The minimum Gasteiger partial charge on any atom is -0.490 e. The number of rotatable bonds is 5. The number of carboxylic acids is 1. The molecule has 3 N–H and O–H groups in total. The first-order valence-corrected chi connectivity index (χ1v) is 9.92. The van der Waals surface area contributed by atoms with Gasteiger partial charge in [0.05, 0.1) is 18.0 Å². The van der Waals surface area contributed by atoms with Crippen LogP contribution in [0.2, 0.25) is 0 Å². The van der Waals surface area contributed by atoms with E-state index < -0.39 is 5.97 Å². The predicted octanol–water partition coefficient (Wildman–Crippen LogP) is 3.39. The van der Waals surface area contributed by atoms with Gasteiger partial charge in [0.15, 0.2) is 11.6 Å². The van der Waals surface area contributed by atoms with Crippen molar-refractivity contribution in [2.75, 3.05) is 17.2 Å². The number of carbonyl (C=O) groups is 1. The Labute approximate surface area is 182 Å². The molecule has 0 unspecified atom stereocenters. The number of carboxylic acid groups (broad SMARTS) is 1. The van der Waals surface area contributed by atoms with Crippen LogP contribution < -0.4 is 15.4 Å². The summed E-state index contributed by atoms with van der Waals surface area (Å²) < 4.78 is 7.81. The van der Waals surface area contributed by atoms with Crippen LogP contribution in [0.25, 0.3) is 11.1 Å². The maximum Gasteiger partial charge on any atom is 0.341 e. The molecule has 4 aromatic rings. The fraction of sp³-hybridized carbons (Fsp3) is 0.136. The fourth-order valence-corrected chi connectivity index (χ4v) is 3.57. The van der Waals surface area contributed by atoms with Crippen molar-refractivity contribution in [1.82, 2.24) is 24.7 Å². The van der Waals surface area contributed by atoms with Crippen LogP contribution in [0.3, 0.4) is 0 Å². The summed E-state index contributed by atoms with van der Waals surface area (Å²) in [7, 11) is 1.88. The highest BCUT2D eigenvalue weighted by atomic mass is 16.5. The average Bonchev–Trinajstić information content (AvgIpc) is 3.06. The number of nitrogens with zero attached hydrogens (tertiary/aromatic N) is 5. The molecule has 4 heterocycles. The average molecular weight is 429 g/mol. The van der Waals surface area contributed by atoms with E-state index in [2.05, 4.69) is 30.7 Å². The van der Waals surface area contributed by atoms with Gasteiger partial charge in [-0.1, -0.05) is 18.2 Å². The molecule has 1 aliphatic rings. The van der Waals surface area contributed by atoms with Crippen molar-refractivity contribution in [2.24, 2.45) is 7.05 Å². The van der Waals surface area contributed by atoms with Gasteiger partial charge in [-0.05, 0) is 18.2 Å². The molecule has 0 aliphatic carbocycles. The number of aromatic nitrogens is 5. The van der Waals surface area contributed by atoms with E-state index in [1.165, 1.54) is 6.20 Å². The Morgan fingerprint density at radius 1 is 1.12 bits per heavy atom. The van der Waals surface area contributed by atoms with E-state index in [-0.39, 0.29) is 17.3 Å². The molecule has 32 heavy (non-hydrogen) atoms. The zero-order valence-corrected chi connectivity index (χ0v) is 17.1. The van der Waals surface area contributed by atoms with Gasteiger partial charge in [-0.25, -0.2) is 14.8 Å². The number of para-hydroxylation sites is 1. The van der Waals surface area contributed by atoms with Gasteiger partial charge in [0.2, 0.25) is 5.95 Å². The summed E-state index contributed by atoms with van der Waals surface area (Å²) >= 11 is 0. The zero-order valence-electron chi connectivity index (χ0n) is 17.1. The summed E-state index contributed by atoms with van der Waals surface area (Å²) in [5.74, 6) is 0.373. The number of benzene rings is 1. The highest BCUT2D eigenvalue weighted by Gasteiger charge is 2.22. The number of aryl methyl sites for hydroxylation is 1. The van der Waals surface area contributed by atoms with Crippen molar-refractivity contribution in [3.05, 3.63) is 66.2 Å². The monoisotopic (exact) mass is 429 g/mol. The van der Waals surface area contributed by atoms with E-state index in [9.17, 15) is 9.90 Å². The smallest absolute Gasteiger partial charge is 0.341 e. The first-order chi connectivity index (χ1) is 15.6. The van der Waals surface area contributed by atoms with Crippen LogP contribution in [0.4, 0.5) is 23.3 Å². The lowest BCUT2D eigenvalue weighted by molar-refractivity contribution is 0.0697. The molecule has 0 saturated heterocycles. The van der Waals surface area contributed by atoms with Crippen molar-refractivity contribution in [2.45, 2.75) is 6.42 Å². The van der Waals surface area contributed by atoms with Crippen molar-refractivity contribution in [3.8, 4) is 16.9 Å². The Kier molecular flexibility index (Phi) is 4.86. The lowest BCUT2D eigenvalue weighted by Crippen LogP contribution is -2.10. The maximum absolute atomic E-state index is 11.8. The summed E-state index contributed by atoms with van der Waals surface area (Å²) in [5.41, 5.74) is 3.36. The second-order valence-electron chi connectivity index (χ2n) is 7.17. The largest absolute Gasteiger partial charge is 0.490 e. The summed E-state index contributed by atoms with van der Waals surface area (Å²) in [4.78, 5) is 24.5. The lowest BCUT2D eigenvalue weighted by Gasteiger charge is -2.16. The molecule has 10 heteroatoms. The molecule has 0 fully saturated rings. The van der Waals surface area contributed by atoms with Crippen molar-refractivity contribution >= 4 is 29.2 Å². The van der Waals surface area contributed by atoms with Crippen LogP contribution in [0, 0.1) is 0 Å². The van der Waals surface area contributed by atoms with E-state index in [1.807, 2.05) is 37.5 Å². The minimum absolute atomic E-state index is 0.0649. The molecular weight excluding hydrogens is 410 g/mol. The third-order valence-corrected chi connectivity index (χ3v) is 4.97. The first-order valence-electron chi connectivity index (χ1n) is 9.92. The topological polar surface area (TPSA) is 127 Å². The highest BCUT2D eigenvalue weighted by Crippen LogP contribution is 2.41. The molecule has 1 aliphatic heterocycles. The SMILES string of the molecule is Cn1cc2c(n1)CCOc1c(Nc3nc(Nc4ccccn4)ncc3C(=O)O)cccc1-2. The normalized spacial score (nSPS) is 12.2. The Morgan fingerprint density at radius 2 is 2.03 bits per heavy atom. The third kappa shape index (κ3) is 3.69. The predicted molar refractivity (Wildman–Crippen MR) is 118 cm³/mol. The van der Waals surface area contributed by atoms with Crippen LogP contribution in [-0.2, 0) is 13.5 Å². The molecule has 1 aromatic carbocycles. The van der Waals surface area contributed by atoms with Gasteiger partial charge < -0.3 is 20.5 Å². The molecule has 10 nitrogen and oxygen atoms in total. The van der Waals surface area contributed by atoms with Crippen molar-refractivity contribution < 1.29 is 14.6 Å². The second kappa shape index (κ2) is 7.99. The standard InChI is InChI=1S/C22H19N7O3/c1-29-12-15-13-5-4-6-17(19(13)32-10-8-16(15)28-29)25-20-14(21(30)31)11-24-22(27-20)26-18-7-2-3-9-23-18/h2-7,9,11-12H,8,10H2,1H3,(H,30,31)(H2,23,24,25,26,27). The maximum atomic E-state index is 11.8. The van der Waals surface area contributed by atoms with Crippen LogP contribution in [0.1, 0.15) is 16.1 Å². The van der Waals surface area contributed by atoms with E-state index in [0.717, 1.165) is 16.8 Å². The number of aromatic carboxylic acids is 1. The number of anilines is 4. The van der Waals surface area contributed by atoms with Gasteiger partial charge >= 0.3 is 5.97 Å². The second-order valence-corrected chi connectivity index (χ2v) is 7.17. The molecule has 3 aromatic heterocycles. The molecule has 0 bridgehead atoms. The summed E-state index contributed by atoms with van der Waals surface area (Å²) in [6, 6.07) is 11.0. The van der Waals surface area contributed by atoms with Gasteiger partial charge in [-0.15, -0.1) is 0 Å². The first kappa shape index (κ1) is 19.5.